The van der Waals surface area contributed by atoms with E-state index in [0.717, 1.165) is 25.9 Å². The van der Waals surface area contributed by atoms with E-state index in [-0.39, 0.29) is 11.3 Å². The molecule has 2 N–H and O–H groups in total. The highest BCUT2D eigenvalue weighted by Crippen LogP contribution is 2.27. The molecule has 15 heavy (non-hydrogen) atoms. The Morgan fingerprint density at radius 1 is 1.53 bits per heavy atom. The van der Waals surface area contributed by atoms with Gasteiger partial charge in [0.1, 0.15) is 0 Å². The van der Waals surface area contributed by atoms with Crippen LogP contribution < -0.4 is 5.73 Å². The molecule has 0 bridgehead atoms. The molecule has 1 heterocycles. The number of rotatable bonds is 4. The summed E-state index contributed by atoms with van der Waals surface area (Å²) in [6.07, 6.45) is 3.16. The van der Waals surface area contributed by atoms with E-state index in [9.17, 15) is 4.79 Å². The standard InChI is InChI=1S/C12H24N2O/c1-4-10-6-7-14(8-10)11(15)12(3,5-2)9-13/h10H,4-9,13H2,1-3H3. The SMILES string of the molecule is CCC1CCN(C(=O)C(C)(CC)CN)C1. The average Bonchev–Trinajstić information content (AvgIpc) is 2.75. The molecule has 0 aromatic heterocycles. The van der Waals surface area contributed by atoms with Gasteiger partial charge in [0.25, 0.3) is 0 Å². The molecule has 2 unspecified atom stereocenters. The predicted molar refractivity (Wildman–Crippen MR) is 62.4 cm³/mol. The molecular formula is C12H24N2O. The molecule has 3 heteroatoms. The number of nitrogens with zero attached hydrogens (tertiary/aromatic N) is 1. The summed E-state index contributed by atoms with van der Waals surface area (Å²) in [7, 11) is 0. The molecule has 2 atom stereocenters. The van der Waals surface area contributed by atoms with Crippen LogP contribution in [0.5, 0.6) is 0 Å². The highest BCUT2D eigenvalue weighted by Gasteiger charge is 2.36. The number of nitrogens with two attached hydrogens (primary N) is 1. The van der Waals surface area contributed by atoms with Gasteiger partial charge in [0.15, 0.2) is 0 Å². The molecule has 1 amide bonds. The van der Waals surface area contributed by atoms with Crippen LogP contribution in [0.2, 0.25) is 0 Å². The Hall–Kier alpha value is -0.570. The molecule has 3 nitrogen and oxygen atoms in total. The van der Waals surface area contributed by atoms with E-state index in [0.29, 0.717) is 12.5 Å². The molecule has 0 aromatic rings. The molecule has 0 spiro atoms. The number of amides is 1. The highest BCUT2D eigenvalue weighted by atomic mass is 16.2. The lowest BCUT2D eigenvalue weighted by atomic mass is 9.86. The van der Waals surface area contributed by atoms with Crippen molar-refractivity contribution in [2.45, 2.75) is 40.0 Å². The van der Waals surface area contributed by atoms with Gasteiger partial charge in [-0.25, -0.2) is 0 Å². The molecule has 88 valence electrons. The third-order valence-corrected chi connectivity index (χ3v) is 3.90. The van der Waals surface area contributed by atoms with Crippen molar-refractivity contribution < 1.29 is 4.79 Å². The molecule has 0 radical (unpaired) electrons. The minimum Gasteiger partial charge on any atom is -0.342 e. The fourth-order valence-corrected chi connectivity index (χ4v) is 2.11. The second-order valence-corrected chi connectivity index (χ2v) is 4.93. The average molecular weight is 212 g/mol. The number of hydrogen-bond donors (Lipinski definition) is 1. The van der Waals surface area contributed by atoms with Gasteiger partial charge in [-0.1, -0.05) is 20.3 Å². The van der Waals surface area contributed by atoms with Gasteiger partial charge < -0.3 is 10.6 Å². The second-order valence-electron chi connectivity index (χ2n) is 4.93. The van der Waals surface area contributed by atoms with Gasteiger partial charge in [0.2, 0.25) is 5.91 Å². The zero-order chi connectivity index (χ0) is 11.5. The van der Waals surface area contributed by atoms with E-state index in [1.54, 1.807) is 0 Å². The fourth-order valence-electron chi connectivity index (χ4n) is 2.11. The summed E-state index contributed by atoms with van der Waals surface area (Å²) in [5.41, 5.74) is 5.36. The predicted octanol–water partition coefficient (Wildman–Crippen LogP) is 1.62. The summed E-state index contributed by atoms with van der Waals surface area (Å²) in [6, 6.07) is 0. The summed E-state index contributed by atoms with van der Waals surface area (Å²) < 4.78 is 0. The number of carbonyl (C=O) groups excluding carboxylic acids is 1. The van der Waals surface area contributed by atoms with Crippen LogP contribution in [0.1, 0.15) is 40.0 Å². The zero-order valence-corrected chi connectivity index (χ0v) is 10.3. The quantitative estimate of drug-likeness (QED) is 0.769. The van der Waals surface area contributed by atoms with Crippen molar-refractivity contribution in [3.8, 4) is 0 Å². The third kappa shape index (κ3) is 2.51. The van der Waals surface area contributed by atoms with Crippen molar-refractivity contribution in [3.05, 3.63) is 0 Å². The number of carbonyl (C=O) groups is 1. The van der Waals surface area contributed by atoms with Gasteiger partial charge in [-0.2, -0.15) is 0 Å². The molecule has 1 saturated heterocycles. The summed E-state index contributed by atoms with van der Waals surface area (Å²) in [5.74, 6) is 0.955. The van der Waals surface area contributed by atoms with Crippen molar-refractivity contribution in [1.29, 1.82) is 0 Å². The Morgan fingerprint density at radius 2 is 2.20 bits per heavy atom. The van der Waals surface area contributed by atoms with E-state index in [1.807, 2.05) is 18.7 Å². The van der Waals surface area contributed by atoms with E-state index in [2.05, 4.69) is 6.92 Å². The monoisotopic (exact) mass is 212 g/mol. The van der Waals surface area contributed by atoms with Gasteiger partial charge in [0, 0.05) is 19.6 Å². The maximum absolute atomic E-state index is 12.2. The summed E-state index contributed by atoms with van der Waals surface area (Å²) in [5, 5.41) is 0. The summed E-state index contributed by atoms with van der Waals surface area (Å²) in [4.78, 5) is 14.2. The van der Waals surface area contributed by atoms with Crippen LogP contribution >= 0.6 is 0 Å². The Bertz CT molecular complexity index is 224. The van der Waals surface area contributed by atoms with Crippen LogP contribution in [0.25, 0.3) is 0 Å². The Morgan fingerprint density at radius 3 is 2.60 bits per heavy atom. The van der Waals surface area contributed by atoms with Gasteiger partial charge >= 0.3 is 0 Å². The van der Waals surface area contributed by atoms with Gasteiger partial charge in [-0.05, 0) is 25.7 Å². The Kier molecular flexibility index (Phi) is 4.14. The topological polar surface area (TPSA) is 46.3 Å². The maximum atomic E-state index is 12.2. The van der Waals surface area contributed by atoms with Crippen molar-refractivity contribution in [2.75, 3.05) is 19.6 Å². The largest absolute Gasteiger partial charge is 0.342 e. The van der Waals surface area contributed by atoms with Crippen molar-refractivity contribution in [1.82, 2.24) is 4.90 Å². The first-order valence-corrected chi connectivity index (χ1v) is 6.06. The van der Waals surface area contributed by atoms with Crippen molar-refractivity contribution >= 4 is 5.91 Å². The molecule has 0 aliphatic carbocycles. The Labute approximate surface area is 93.0 Å². The molecule has 0 aromatic carbocycles. The molecular weight excluding hydrogens is 188 g/mol. The molecule has 1 aliphatic heterocycles. The van der Waals surface area contributed by atoms with Gasteiger partial charge in [0.05, 0.1) is 5.41 Å². The highest BCUT2D eigenvalue weighted by molar-refractivity contribution is 5.82. The van der Waals surface area contributed by atoms with E-state index in [1.165, 1.54) is 6.42 Å². The van der Waals surface area contributed by atoms with Crippen molar-refractivity contribution in [2.24, 2.45) is 17.1 Å². The van der Waals surface area contributed by atoms with Gasteiger partial charge in [-0.3, -0.25) is 4.79 Å². The van der Waals surface area contributed by atoms with E-state index < -0.39 is 0 Å². The second kappa shape index (κ2) is 4.97. The van der Waals surface area contributed by atoms with Crippen LogP contribution in [0, 0.1) is 11.3 Å². The number of hydrogen-bond acceptors (Lipinski definition) is 2. The van der Waals surface area contributed by atoms with E-state index in [4.69, 9.17) is 5.73 Å². The number of likely N-dealkylation sites (tertiary alicyclic amines) is 1. The molecule has 1 aliphatic rings. The van der Waals surface area contributed by atoms with Crippen LogP contribution in [-0.4, -0.2) is 30.4 Å². The molecule has 1 rings (SSSR count). The zero-order valence-electron chi connectivity index (χ0n) is 10.3. The fraction of sp³-hybridized carbons (Fsp3) is 0.917. The first-order valence-electron chi connectivity index (χ1n) is 6.06. The first-order chi connectivity index (χ1) is 7.07. The Balaban J connectivity index is 2.61. The normalized spacial score (nSPS) is 25.3. The summed E-state index contributed by atoms with van der Waals surface area (Å²) >= 11 is 0. The lowest BCUT2D eigenvalue weighted by Gasteiger charge is -2.30. The minimum atomic E-state index is -0.345. The summed E-state index contributed by atoms with van der Waals surface area (Å²) in [6.45, 7) is 8.53. The van der Waals surface area contributed by atoms with Crippen molar-refractivity contribution in [3.63, 3.8) is 0 Å². The van der Waals surface area contributed by atoms with Crippen LogP contribution in [0.3, 0.4) is 0 Å². The first kappa shape index (κ1) is 12.5. The smallest absolute Gasteiger partial charge is 0.229 e. The van der Waals surface area contributed by atoms with Crippen LogP contribution in [-0.2, 0) is 4.79 Å². The minimum absolute atomic E-state index is 0.253. The maximum Gasteiger partial charge on any atom is 0.229 e. The van der Waals surface area contributed by atoms with Crippen LogP contribution in [0.15, 0.2) is 0 Å². The third-order valence-electron chi connectivity index (χ3n) is 3.90. The molecule has 1 fully saturated rings. The molecule has 0 saturated carbocycles. The van der Waals surface area contributed by atoms with Crippen LogP contribution in [0.4, 0.5) is 0 Å². The lowest BCUT2D eigenvalue weighted by molar-refractivity contribution is -0.140. The van der Waals surface area contributed by atoms with Gasteiger partial charge in [-0.15, -0.1) is 0 Å². The van der Waals surface area contributed by atoms with E-state index >= 15 is 0 Å². The lowest BCUT2D eigenvalue weighted by Crippen LogP contribution is -2.45.